The molecule has 16 heavy (non-hydrogen) atoms. The molecule has 0 fully saturated rings. The average molecular weight is 244 g/mol. The van der Waals surface area contributed by atoms with Crippen molar-refractivity contribution in [2.24, 2.45) is 0 Å². The maximum absolute atomic E-state index is 9.06. The van der Waals surface area contributed by atoms with Crippen molar-refractivity contribution in [3.8, 4) is 23.3 Å². The molecule has 2 aromatic rings. The molecule has 2 aromatic heterocycles. The summed E-state index contributed by atoms with van der Waals surface area (Å²) >= 11 is 3.11. The largest absolute Gasteiger partial charge is 0.192 e. The average Bonchev–Trinajstić information content (AvgIpc) is 2.81. The Bertz CT molecular complexity index is 564. The minimum absolute atomic E-state index is 0.667. The molecule has 0 unspecified atom stereocenters. The van der Waals surface area contributed by atoms with Crippen molar-refractivity contribution in [1.29, 1.82) is 10.5 Å². The van der Waals surface area contributed by atoms with E-state index in [9.17, 15) is 0 Å². The number of nitrogens with zero attached hydrogens (tertiary/aromatic N) is 2. The van der Waals surface area contributed by atoms with Crippen molar-refractivity contribution in [3.63, 3.8) is 0 Å². The van der Waals surface area contributed by atoms with Gasteiger partial charge in [-0.1, -0.05) is 0 Å². The van der Waals surface area contributed by atoms with E-state index < -0.39 is 0 Å². The highest BCUT2D eigenvalue weighted by molar-refractivity contribution is 7.11. The van der Waals surface area contributed by atoms with Crippen LogP contribution < -0.4 is 0 Å². The molecule has 0 aliphatic heterocycles. The summed E-state index contributed by atoms with van der Waals surface area (Å²) in [5, 5.41) is 21.8. The smallest absolute Gasteiger partial charge is 0.101 e. The van der Waals surface area contributed by atoms with Gasteiger partial charge in [0.25, 0.3) is 0 Å². The number of thiophene rings is 2. The number of hydrogen-bond acceptors (Lipinski definition) is 4. The minimum Gasteiger partial charge on any atom is -0.192 e. The second kappa shape index (κ2) is 4.09. The lowest BCUT2D eigenvalue weighted by Gasteiger charge is -2.01. The van der Waals surface area contributed by atoms with Crippen LogP contribution in [-0.4, -0.2) is 0 Å². The Hall–Kier alpha value is -1.62. The molecule has 0 aliphatic carbocycles. The normalized spacial score (nSPS) is 9.75. The van der Waals surface area contributed by atoms with E-state index in [0.717, 1.165) is 20.9 Å². The number of hydrogen-bond donors (Lipinski definition) is 0. The SMILES string of the molecule is Cc1scc(C#N)c1-c1c(C#N)csc1C. The first kappa shape index (κ1) is 10.9. The van der Waals surface area contributed by atoms with Gasteiger partial charge in [0, 0.05) is 31.6 Å². The Kier molecular flexibility index (Phi) is 2.78. The van der Waals surface area contributed by atoms with Crippen LogP contribution in [0.5, 0.6) is 0 Å². The standard InChI is InChI=1S/C12H8N2S2/c1-7-11(9(3-13)5-15-7)12-8(2)16-6-10(12)4-14/h5-6H,1-2H3. The minimum atomic E-state index is 0.667. The first-order valence-corrected chi connectivity index (χ1v) is 6.41. The highest BCUT2D eigenvalue weighted by Gasteiger charge is 2.17. The van der Waals surface area contributed by atoms with Gasteiger partial charge in [-0.15, -0.1) is 22.7 Å². The molecule has 0 atom stereocenters. The second-order valence-electron chi connectivity index (χ2n) is 3.38. The zero-order valence-corrected chi connectivity index (χ0v) is 10.5. The molecule has 0 amide bonds. The molecule has 0 bridgehead atoms. The maximum Gasteiger partial charge on any atom is 0.101 e. The fourth-order valence-corrected chi connectivity index (χ4v) is 3.29. The van der Waals surface area contributed by atoms with Gasteiger partial charge in [0.2, 0.25) is 0 Å². The van der Waals surface area contributed by atoms with Crippen molar-refractivity contribution in [1.82, 2.24) is 0 Å². The molecule has 0 spiro atoms. The summed E-state index contributed by atoms with van der Waals surface area (Å²) in [6.45, 7) is 3.97. The Balaban J connectivity index is 2.78. The fourth-order valence-electron chi connectivity index (χ4n) is 1.70. The first-order chi connectivity index (χ1) is 7.69. The van der Waals surface area contributed by atoms with Crippen molar-refractivity contribution < 1.29 is 0 Å². The molecule has 2 nitrogen and oxygen atoms in total. The predicted octanol–water partition coefficient (Wildman–Crippen LogP) is 3.84. The second-order valence-corrected chi connectivity index (χ2v) is 5.55. The van der Waals surface area contributed by atoms with Gasteiger partial charge >= 0.3 is 0 Å². The number of aryl methyl sites for hydroxylation is 2. The van der Waals surface area contributed by atoms with Crippen molar-refractivity contribution in [2.45, 2.75) is 13.8 Å². The Morgan fingerprint density at radius 1 is 0.875 bits per heavy atom. The maximum atomic E-state index is 9.06. The van der Waals surface area contributed by atoms with E-state index in [1.165, 1.54) is 0 Å². The lowest BCUT2D eigenvalue weighted by molar-refractivity contribution is 1.46. The third-order valence-corrected chi connectivity index (χ3v) is 4.26. The van der Waals surface area contributed by atoms with Crippen molar-refractivity contribution in [3.05, 3.63) is 31.6 Å². The highest BCUT2D eigenvalue weighted by Crippen LogP contribution is 2.38. The van der Waals surface area contributed by atoms with Crippen LogP contribution in [0.1, 0.15) is 20.9 Å². The van der Waals surface area contributed by atoms with Crippen LogP contribution in [0, 0.1) is 36.5 Å². The summed E-state index contributed by atoms with van der Waals surface area (Å²) in [5.41, 5.74) is 3.20. The van der Waals surface area contributed by atoms with Crippen LogP contribution >= 0.6 is 22.7 Å². The molecule has 2 rings (SSSR count). The van der Waals surface area contributed by atoms with E-state index in [4.69, 9.17) is 10.5 Å². The summed E-state index contributed by atoms with van der Waals surface area (Å²) in [6.07, 6.45) is 0. The van der Waals surface area contributed by atoms with E-state index in [2.05, 4.69) is 12.1 Å². The van der Waals surface area contributed by atoms with Gasteiger partial charge in [-0.25, -0.2) is 0 Å². The number of nitriles is 2. The summed E-state index contributed by atoms with van der Waals surface area (Å²) in [4.78, 5) is 2.18. The van der Waals surface area contributed by atoms with E-state index >= 15 is 0 Å². The summed E-state index contributed by atoms with van der Waals surface area (Å²) in [5.74, 6) is 0. The third-order valence-electron chi connectivity index (χ3n) is 2.44. The number of rotatable bonds is 1. The Morgan fingerprint density at radius 3 is 1.56 bits per heavy atom. The van der Waals surface area contributed by atoms with Crippen LogP contribution in [-0.2, 0) is 0 Å². The van der Waals surface area contributed by atoms with Crippen LogP contribution in [0.25, 0.3) is 11.1 Å². The molecular weight excluding hydrogens is 236 g/mol. The van der Waals surface area contributed by atoms with Gasteiger partial charge in [-0.05, 0) is 13.8 Å². The molecule has 4 heteroatoms. The molecule has 0 radical (unpaired) electrons. The molecule has 0 aliphatic rings. The molecule has 0 N–H and O–H groups in total. The fraction of sp³-hybridized carbons (Fsp3) is 0.167. The van der Waals surface area contributed by atoms with E-state index in [1.54, 1.807) is 22.7 Å². The zero-order chi connectivity index (χ0) is 11.7. The molecule has 2 heterocycles. The highest BCUT2D eigenvalue weighted by atomic mass is 32.1. The Morgan fingerprint density at radius 2 is 1.25 bits per heavy atom. The van der Waals surface area contributed by atoms with Crippen molar-refractivity contribution in [2.75, 3.05) is 0 Å². The van der Waals surface area contributed by atoms with Crippen LogP contribution in [0.3, 0.4) is 0 Å². The molecule has 0 saturated carbocycles. The first-order valence-electron chi connectivity index (χ1n) is 4.65. The van der Waals surface area contributed by atoms with Crippen LogP contribution in [0.4, 0.5) is 0 Å². The summed E-state index contributed by atoms with van der Waals surface area (Å²) in [7, 11) is 0. The molecule has 78 valence electrons. The van der Waals surface area contributed by atoms with Gasteiger partial charge in [-0.3, -0.25) is 0 Å². The van der Waals surface area contributed by atoms with E-state index in [0.29, 0.717) is 11.1 Å². The lowest BCUT2D eigenvalue weighted by Crippen LogP contribution is -1.84. The Labute approximate surface area is 102 Å². The van der Waals surface area contributed by atoms with Gasteiger partial charge < -0.3 is 0 Å². The monoisotopic (exact) mass is 244 g/mol. The molecular formula is C12H8N2S2. The predicted molar refractivity (Wildman–Crippen MR) is 66.5 cm³/mol. The van der Waals surface area contributed by atoms with Gasteiger partial charge in [0.1, 0.15) is 12.1 Å². The van der Waals surface area contributed by atoms with E-state index in [1.807, 2.05) is 24.6 Å². The third kappa shape index (κ3) is 1.53. The quantitative estimate of drug-likeness (QED) is 0.765. The topological polar surface area (TPSA) is 47.6 Å². The van der Waals surface area contributed by atoms with Crippen molar-refractivity contribution >= 4 is 22.7 Å². The van der Waals surface area contributed by atoms with Gasteiger partial charge in [0.05, 0.1) is 11.1 Å². The molecule has 0 saturated heterocycles. The summed E-state index contributed by atoms with van der Waals surface area (Å²) < 4.78 is 0. The van der Waals surface area contributed by atoms with Crippen LogP contribution in [0.15, 0.2) is 10.8 Å². The van der Waals surface area contributed by atoms with E-state index in [-0.39, 0.29) is 0 Å². The lowest BCUT2D eigenvalue weighted by atomic mass is 10.00. The van der Waals surface area contributed by atoms with Gasteiger partial charge in [0.15, 0.2) is 0 Å². The van der Waals surface area contributed by atoms with Gasteiger partial charge in [-0.2, -0.15) is 10.5 Å². The summed E-state index contributed by atoms with van der Waals surface area (Å²) in [6, 6.07) is 4.38. The zero-order valence-electron chi connectivity index (χ0n) is 8.87. The molecule has 0 aromatic carbocycles. The van der Waals surface area contributed by atoms with Crippen LogP contribution in [0.2, 0.25) is 0 Å².